The third-order valence-electron chi connectivity index (χ3n) is 9.11. The van der Waals surface area contributed by atoms with Crippen LogP contribution in [0, 0.1) is 28.6 Å². The van der Waals surface area contributed by atoms with Crippen molar-refractivity contribution in [1.82, 2.24) is 4.98 Å². The van der Waals surface area contributed by atoms with E-state index in [1.807, 2.05) is 12.1 Å². The number of rotatable bonds is 1. The van der Waals surface area contributed by atoms with Crippen molar-refractivity contribution >= 4 is 45.9 Å². The Kier molecular flexibility index (Phi) is 4.56. The Morgan fingerprint density at radius 2 is 1.74 bits per heavy atom. The molecule has 1 aromatic carbocycles. The molecule has 4 aliphatic rings. The predicted molar refractivity (Wildman–Crippen MR) is 129 cm³/mol. The van der Waals surface area contributed by atoms with E-state index in [9.17, 15) is 4.79 Å². The Balaban J connectivity index is 1.40. The zero-order chi connectivity index (χ0) is 21.5. The van der Waals surface area contributed by atoms with Gasteiger partial charge < -0.3 is 0 Å². The number of benzene rings is 1. The molecule has 6 rings (SSSR count). The molecule has 0 amide bonds. The van der Waals surface area contributed by atoms with Crippen LogP contribution >= 0.6 is 34.5 Å². The van der Waals surface area contributed by atoms with Crippen LogP contribution in [0.3, 0.4) is 0 Å². The summed E-state index contributed by atoms with van der Waals surface area (Å²) < 4.78 is 0. The monoisotopic (exact) mass is 471 g/mol. The summed E-state index contributed by atoms with van der Waals surface area (Å²) in [5.74, 6) is 2.42. The molecule has 5 atom stereocenters. The minimum absolute atomic E-state index is 0.0633. The number of nitrogens with zero attached hydrogens (tertiary/aromatic N) is 1. The molecule has 5 heteroatoms. The normalized spacial score (nSPS) is 36.3. The molecule has 31 heavy (non-hydrogen) atoms. The molecule has 0 spiro atoms. The van der Waals surface area contributed by atoms with E-state index in [1.165, 1.54) is 22.6 Å². The van der Waals surface area contributed by atoms with Crippen LogP contribution in [0.4, 0.5) is 0 Å². The van der Waals surface area contributed by atoms with E-state index in [2.05, 4.69) is 19.9 Å². The van der Waals surface area contributed by atoms with Crippen LogP contribution < -0.4 is 0 Å². The summed E-state index contributed by atoms with van der Waals surface area (Å²) in [6.07, 6.45) is 9.95. The van der Waals surface area contributed by atoms with Gasteiger partial charge in [-0.1, -0.05) is 43.1 Å². The lowest BCUT2D eigenvalue weighted by Crippen LogP contribution is -2.49. The van der Waals surface area contributed by atoms with E-state index < -0.39 is 0 Å². The van der Waals surface area contributed by atoms with Crippen molar-refractivity contribution in [2.75, 3.05) is 0 Å². The highest BCUT2D eigenvalue weighted by Crippen LogP contribution is 2.65. The van der Waals surface area contributed by atoms with Crippen molar-refractivity contribution in [2.24, 2.45) is 28.6 Å². The molecule has 1 aromatic heterocycles. The zero-order valence-electron chi connectivity index (χ0n) is 18.0. The van der Waals surface area contributed by atoms with E-state index in [0.29, 0.717) is 33.6 Å². The second-order valence-corrected chi connectivity index (χ2v) is 12.4. The maximum atomic E-state index is 12.7. The molecule has 0 unspecified atom stereocenters. The van der Waals surface area contributed by atoms with E-state index in [4.69, 9.17) is 28.2 Å². The van der Waals surface area contributed by atoms with Gasteiger partial charge in [0.25, 0.3) is 0 Å². The Labute approximate surface area is 198 Å². The van der Waals surface area contributed by atoms with Gasteiger partial charge in [-0.2, -0.15) is 0 Å². The Morgan fingerprint density at radius 1 is 1.00 bits per heavy atom. The molecular weight excluding hydrogens is 445 g/mol. The molecule has 1 heterocycles. The molecule has 2 fully saturated rings. The fourth-order valence-corrected chi connectivity index (χ4v) is 9.25. The van der Waals surface area contributed by atoms with Crippen LogP contribution in [0.2, 0.25) is 10.0 Å². The molecule has 0 bridgehead atoms. The maximum Gasteiger partial charge on any atom is 0.139 e. The summed E-state index contributed by atoms with van der Waals surface area (Å²) in [6.45, 7) is 4.75. The Bertz CT molecular complexity index is 1120. The van der Waals surface area contributed by atoms with Gasteiger partial charge in [0.15, 0.2) is 0 Å². The Hall–Kier alpha value is -1.16. The van der Waals surface area contributed by atoms with Crippen molar-refractivity contribution in [3.63, 3.8) is 0 Å². The minimum Gasteiger partial charge on any atom is -0.299 e. The number of ketones is 1. The number of fused-ring (bicyclic) bond motifs is 7. The first-order valence-electron chi connectivity index (χ1n) is 11.5. The smallest absolute Gasteiger partial charge is 0.139 e. The zero-order valence-corrected chi connectivity index (χ0v) is 20.3. The number of aryl methyl sites for hydroxylation is 1. The van der Waals surface area contributed by atoms with Crippen LogP contribution in [0.25, 0.3) is 16.1 Å². The topological polar surface area (TPSA) is 30.0 Å². The lowest BCUT2D eigenvalue weighted by Gasteiger charge is -2.55. The summed E-state index contributed by atoms with van der Waals surface area (Å²) >= 11 is 14.3. The summed E-state index contributed by atoms with van der Waals surface area (Å²) in [4.78, 5) is 19.1. The standard InChI is InChI=1S/C26H27Cl2NOS/c1-25-10-8-21-23(31-24(29-21)14-11-15(27)13-16(28)12-14)20(25)4-3-17-18-5-6-22(30)26(18,2)9-7-19(17)25/h4,11-13,17-19H,3,5-10H2,1-2H3/t17-,18-,19-,25+,26-/m0/s1. The van der Waals surface area contributed by atoms with Gasteiger partial charge in [0.2, 0.25) is 0 Å². The molecule has 0 saturated heterocycles. The predicted octanol–water partition coefficient (Wildman–Crippen LogP) is 7.87. The first-order valence-corrected chi connectivity index (χ1v) is 13.1. The van der Waals surface area contributed by atoms with Gasteiger partial charge >= 0.3 is 0 Å². The van der Waals surface area contributed by atoms with Crippen molar-refractivity contribution in [3.8, 4) is 10.6 Å². The number of halogens is 2. The van der Waals surface area contributed by atoms with Crippen molar-refractivity contribution in [3.05, 3.63) is 44.9 Å². The lowest BCUT2D eigenvalue weighted by atomic mass is 9.48. The van der Waals surface area contributed by atoms with Crippen LogP contribution in [-0.4, -0.2) is 10.8 Å². The third kappa shape index (κ3) is 2.89. The van der Waals surface area contributed by atoms with Crippen LogP contribution in [0.5, 0.6) is 0 Å². The van der Waals surface area contributed by atoms with Gasteiger partial charge in [-0.25, -0.2) is 4.98 Å². The van der Waals surface area contributed by atoms with Crippen LogP contribution in [-0.2, 0) is 11.2 Å². The number of hydrogen-bond acceptors (Lipinski definition) is 3. The first-order chi connectivity index (χ1) is 14.8. The van der Waals surface area contributed by atoms with Gasteiger partial charge in [-0.05, 0) is 85.5 Å². The average Bonchev–Trinajstić information content (AvgIpc) is 3.28. The van der Waals surface area contributed by atoms with Gasteiger partial charge in [-0.3, -0.25) is 4.79 Å². The SMILES string of the molecule is C[C@]12CCc3nc(-c4cc(Cl)cc(Cl)c4)sc3C1=CC[C@@H]1[C@@H]2CC[C@]2(C)C(=O)CC[C@@H]12. The summed E-state index contributed by atoms with van der Waals surface area (Å²) in [6, 6.07) is 5.69. The largest absolute Gasteiger partial charge is 0.299 e. The van der Waals surface area contributed by atoms with Crippen molar-refractivity contribution in [2.45, 2.75) is 58.8 Å². The highest BCUT2D eigenvalue weighted by molar-refractivity contribution is 7.16. The fourth-order valence-electron chi connectivity index (χ4n) is 7.45. The maximum absolute atomic E-state index is 12.7. The quantitative estimate of drug-likeness (QED) is 0.423. The van der Waals surface area contributed by atoms with E-state index in [0.717, 1.165) is 49.1 Å². The molecule has 162 valence electrons. The molecule has 2 aromatic rings. The number of thiazole rings is 1. The van der Waals surface area contributed by atoms with E-state index >= 15 is 0 Å². The summed E-state index contributed by atoms with van der Waals surface area (Å²) in [5.41, 5.74) is 3.88. The summed E-state index contributed by atoms with van der Waals surface area (Å²) in [5, 5.41) is 2.31. The molecule has 4 aliphatic carbocycles. The number of carbonyl (C=O) groups excluding carboxylic acids is 1. The molecule has 0 N–H and O–H groups in total. The molecule has 2 saturated carbocycles. The number of Topliss-reactive ketones (excluding diaryl/α,β-unsaturated/α-hetero) is 1. The average molecular weight is 472 g/mol. The summed E-state index contributed by atoms with van der Waals surface area (Å²) in [7, 11) is 0. The number of carbonyl (C=O) groups is 1. The first kappa shape index (κ1) is 20.4. The molecule has 0 radical (unpaired) electrons. The third-order valence-corrected chi connectivity index (χ3v) is 10.7. The van der Waals surface area contributed by atoms with E-state index in [1.54, 1.807) is 17.4 Å². The number of aromatic nitrogens is 1. The Morgan fingerprint density at radius 3 is 2.52 bits per heavy atom. The van der Waals surface area contributed by atoms with Crippen LogP contribution in [0.1, 0.15) is 62.9 Å². The molecule has 2 nitrogen and oxygen atoms in total. The van der Waals surface area contributed by atoms with Gasteiger partial charge in [0.1, 0.15) is 10.8 Å². The fraction of sp³-hybridized carbons (Fsp3) is 0.538. The second kappa shape index (κ2) is 6.92. The number of allylic oxidation sites excluding steroid dienone is 2. The van der Waals surface area contributed by atoms with Gasteiger partial charge in [0.05, 0.1) is 10.6 Å². The second-order valence-electron chi connectivity index (χ2n) is 10.5. The highest BCUT2D eigenvalue weighted by Gasteiger charge is 2.58. The van der Waals surface area contributed by atoms with Crippen LogP contribution in [0.15, 0.2) is 24.3 Å². The highest BCUT2D eigenvalue weighted by atomic mass is 35.5. The number of hydrogen-bond donors (Lipinski definition) is 0. The van der Waals surface area contributed by atoms with Crippen molar-refractivity contribution < 1.29 is 4.79 Å². The van der Waals surface area contributed by atoms with Crippen molar-refractivity contribution in [1.29, 1.82) is 0 Å². The van der Waals surface area contributed by atoms with E-state index in [-0.39, 0.29) is 10.8 Å². The van der Waals surface area contributed by atoms with Gasteiger partial charge in [0, 0.05) is 27.4 Å². The lowest BCUT2D eigenvalue weighted by molar-refractivity contribution is -0.131. The van der Waals surface area contributed by atoms with Gasteiger partial charge in [-0.15, -0.1) is 11.3 Å². The molecular formula is C26H27Cl2NOS. The minimum atomic E-state index is -0.0633. The molecule has 0 aliphatic heterocycles.